The third-order valence-corrected chi connectivity index (χ3v) is 2.70. The number of carbonyl (C=O) groups is 1. The van der Waals surface area contributed by atoms with E-state index in [1.807, 2.05) is 32.2 Å². The minimum atomic E-state index is -0.813. The molecular formula is C12H14N2O2. The quantitative estimate of drug-likeness (QED) is 0.854. The highest BCUT2D eigenvalue weighted by Crippen LogP contribution is 2.22. The van der Waals surface area contributed by atoms with Crippen LogP contribution in [0.5, 0.6) is 0 Å². The van der Waals surface area contributed by atoms with Crippen LogP contribution in [0.3, 0.4) is 0 Å². The van der Waals surface area contributed by atoms with Gasteiger partial charge in [0.2, 0.25) is 0 Å². The Morgan fingerprint density at radius 2 is 2.25 bits per heavy atom. The Balaban J connectivity index is 2.67. The molecule has 0 bridgehead atoms. The Morgan fingerprint density at radius 1 is 1.50 bits per heavy atom. The molecule has 84 valence electrons. The van der Waals surface area contributed by atoms with Crippen LogP contribution in [-0.4, -0.2) is 20.9 Å². The van der Waals surface area contributed by atoms with E-state index in [1.165, 1.54) is 0 Å². The van der Waals surface area contributed by atoms with Gasteiger partial charge in [0.15, 0.2) is 0 Å². The van der Waals surface area contributed by atoms with Crippen LogP contribution in [0.15, 0.2) is 18.2 Å². The molecule has 1 aromatic carbocycles. The Labute approximate surface area is 93.5 Å². The molecular weight excluding hydrogens is 204 g/mol. The van der Waals surface area contributed by atoms with Crippen molar-refractivity contribution in [3.05, 3.63) is 29.5 Å². The summed E-state index contributed by atoms with van der Waals surface area (Å²) in [6.07, 6.45) is 0.897. The summed E-state index contributed by atoms with van der Waals surface area (Å²) in [5, 5.41) is 14.3. The molecule has 2 rings (SSSR count). The Kier molecular flexibility index (Phi) is 2.64. The molecule has 0 aliphatic carbocycles. The summed E-state index contributed by atoms with van der Waals surface area (Å²) < 4.78 is 1.77. The zero-order valence-corrected chi connectivity index (χ0v) is 9.40. The number of carboxylic acids is 1. The highest BCUT2D eigenvalue weighted by Gasteiger charge is 2.12. The van der Waals surface area contributed by atoms with Crippen LogP contribution < -0.4 is 0 Å². The van der Waals surface area contributed by atoms with Gasteiger partial charge in [-0.2, -0.15) is 5.10 Å². The minimum absolute atomic E-state index is 0.0417. The van der Waals surface area contributed by atoms with Gasteiger partial charge >= 0.3 is 5.97 Å². The summed E-state index contributed by atoms with van der Waals surface area (Å²) >= 11 is 0. The molecule has 0 amide bonds. The number of aryl methyl sites for hydroxylation is 2. The van der Waals surface area contributed by atoms with Gasteiger partial charge in [0.25, 0.3) is 0 Å². The standard InChI is InChI=1S/C12H14N2O2/c1-3-10-9-6-4-5-8(7-11(15)16)12(9)14(2)13-10/h4-6H,3,7H2,1-2H3,(H,15,16). The number of nitrogens with zero attached hydrogens (tertiary/aromatic N) is 2. The number of para-hydroxylation sites is 1. The van der Waals surface area contributed by atoms with Gasteiger partial charge in [-0.15, -0.1) is 0 Å². The lowest BCUT2D eigenvalue weighted by Crippen LogP contribution is -2.02. The second-order valence-corrected chi connectivity index (χ2v) is 3.81. The number of aromatic nitrogens is 2. The van der Waals surface area contributed by atoms with Gasteiger partial charge in [-0.25, -0.2) is 0 Å². The van der Waals surface area contributed by atoms with E-state index in [1.54, 1.807) is 4.68 Å². The van der Waals surface area contributed by atoms with Crippen molar-refractivity contribution in [2.75, 3.05) is 0 Å². The average molecular weight is 218 g/mol. The van der Waals surface area contributed by atoms with Gasteiger partial charge in [-0.1, -0.05) is 25.1 Å². The normalized spacial score (nSPS) is 10.9. The van der Waals surface area contributed by atoms with Crippen molar-refractivity contribution in [1.82, 2.24) is 9.78 Å². The monoisotopic (exact) mass is 218 g/mol. The number of benzene rings is 1. The maximum Gasteiger partial charge on any atom is 0.307 e. The van der Waals surface area contributed by atoms with E-state index in [0.29, 0.717) is 0 Å². The van der Waals surface area contributed by atoms with Crippen molar-refractivity contribution in [3.8, 4) is 0 Å². The van der Waals surface area contributed by atoms with E-state index in [0.717, 1.165) is 28.6 Å². The molecule has 4 heteroatoms. The number of carboxylic acid groups (broad SMARTS) is 1. The van der Waals surface area contributed by atoms with Crippen LogP contribution in [0, 0.1) is 0 Å². The molecule has 0 unspecified atom stereocenters. The molecule has 4 nitrogen and oxygen atoms in total. The fraction of sp³-hybridized carbons (Fsp3) is 0.333. The Bertz CT molecular complexity index is 543. The molecule has 0 saturated carbocycles. The van der Waals surface area contributed by atoms with E-state index < -0.39 is 5.97 Å². The van der Waals surface area contributed by atoms with Gasteiger partial charge < -0.3 is 5.11 Å². The molecule has 0 aliphatic rings. The van der Waals surface area contributed by atoms with Crippen LogP contribution in [-0.2, 0) is 24.7 Å². The molecule has 1 aromatic heterocycles. The maximum absolute atomic E-state index is 10.8. The van der Waals surface area contributed by atoms with Crippen LogP contribution in [0.4, 0.5) is 0 Å². The van der Waals surface area contributed by atoms with Gasteiger partial charge in [0, 0.05) is 12.4 Å². The lowest BCUT2D eigenvalue weighted by molar-refractivity contribution is -0.136. The summed E-state index contributed by atoms with van der Waals surface area (Å²) in [5.41, 5.74) is 2.77. The number of hydrogen-bond donors (Lipinski definition) is 1. The molecule has 1 heterocycles. The fourth-order valence-electron chi connectivity index (χ4n) is 2.06. The lowest BCUT2D eigenvalue weighted by Gasteiger charge is -2.01. The fourth-order valence-corrected chi connectivity index (χ4v) is 2.06. The summed E-state index contributed by atoms with van der Waals surface area (Å²) in [7, 11) is 1.85. The molecule has 16 heavy (non-hydrogen) atoms. The molecule has 0 aliphatic heterocycles. The van der Waals surface area contributed by atoms with Crippen molar-refractivity contribution in [3.63, 3.8) is 0 Å². The molecule has 2 aromatic rings. The van der Waals surface area contributed by atoms with E-state index >= 15 is 0 Å². The number of aliphatic carboxylic acids is 1. The smallest absolute Gasteiger partial charge is 0.307 e. The van der Waals surface area contributed by atoms with Crippen LogP contribution in [0.25, 0.3) is 10.9 Å². The third-order valence-electron chi connectivity index (χ3n) is 2.70. The van der Waals surface area contributed by atoms with Crippen LogP contribution >= 0.6 is 0 Å². The first-order valence-corrected chi connectivity index (χ1v) is 5.28. The first-order chi connectivity index (χ1) is 7.63. The predicted molar refractivity (Wildman–Crippen MR) is 61.4 cm³/mol. The molecule has 0 fully saturated rings. The topological polar surface area (TPSA) is 55.1 Å². The second-order valence-electron chi connectivity index (χ2n) is 3.81. The summed E-state index contributed by atoms with van der Waals surface area (Å²) in [6.45, 7) is 2.05. The highest BCUT2D eigenvalue weighted by molar-refractivity contribution is 5.87. The molecule has 0 atom stereocenters. The molecule has 0 spiro atoms. The summed E-state index contributed by atoms with van der Waals surface area (Å²) in [6, 6.07) is 5.73. The SMILES string of the molecule is CCc1nn(C)c2c(CC(=O)O)cccc12. The van der Waals surface area contributed by atoms with Crippen molar-refractivity contribution in [2.45, 2.75) is 19.8 Å². The lowest BCUT2D eigenvalue weighted by atomic mass is 10.1. The van der Waals surface area contributed by atoms with Crippen LogP contribution in [0.1, 0.15) is 18.2 Å². The first kappa shape index (κ1) is 10.7. The van der Waals surface area contributed by atoms with E-state index in [9.17, 15) is 4.79 Å². The van der Waals surface area contributed by atoms with Gasteiger partial charge in [0.05, 0.1) is 17.6 Å². The number of fused-ring (bicyclic) bond motifs is 1. The second kappa shape index (κ2) is 3.96. The third kappa shape index (κ3) is 1.66. The number of hydrogen-bond acceptors (Lipinski definition) is 2. The van der Waals surface area contributed by atoms with Crippen molar-refractivity contribution in [1.29, 1.82) is 0 Å². The summed E-state index contributed by atoms with van der Waals surface area (Å²) in [5.74, 6) is -0.813. The van der Waals surface area contributed by atoms with E-state index in [2.05, 4.69) is 5.10 Å². The Morgan fingerprint density at radius 3 is 2.88 bits per heavy atom. The molecule has 0 radical (unpaired) electrons. The Hall–Kier alpha value is -1.84. The highest BCUT2D eigenvalue weighted by atomic mass is 16.4. The van der Waals surface area contributed by atoms with E-state index in [-0.39, 0.29) is 6.42 Å². The minimum Gasteiger partial charge on any atom is -0.481 e. The van der Waals surface area contributed by atoms with Crippen LogP contribution in [0.2, 0.25) is 0 Å². The van der Waals surface area contributed by atoms with Gasteiger partial charge in [-0.05, 0) is 12.0 Å². The maximum atomic E-state index is 10.8. The number of rotatable bonds is 3. The van der Waals surface area contributed by atoms with Crippen molar-refractivity contribution < 1.29 is 9.90 Å². The van der Waals surface area contributed by atoms with Gasteiger partial charge in [-0.3, -0.25) is 9.48 Å². The zero-order valence-electron chi connectivity index (χ0n) is 9.40. The average Bonchev–Trinajstić information content (AvgIpc) is 2.56. The molecule has 1 N–H and O–H groups in total. The first-order valence-electron chi connectivity index (χ1n) is 5.28. The van der Waals surface area contributed by atoms with Gasteiger partial charge in [0.1, 0.15) is 0 Å². The van der Waals surface area contributed by atoms with Crippen molar-refractivity contribution in [2.24, 2.45) is 7.05 Å². The van der Waals surface area contributed by atoms with Crippen molar-refractivity contribution >= 4 is 16.9 Å². The van der Waals surface area contributed by atoms with E-state index in [4.69, 9.17) is 5.11 Å². The molecule has 0 saturated heterocycles. The predicted octanol–water partition coefficient (Wildman–Crippen LogP) is 1.76. The summed E-state index contributed by atoms with van der Waals surface area (Å²) in [4.78, 5) is 10.8. The zero-order chi connectivity index (χ0) is 11.7. The largest absolute Gasteiger partial charge is 0.481 e.